The molecule has 0 aliphatic rings. The number of nitrogens with two attached hydrogens (primary N) is 1. The molecule has 5 heteroatoms. The van der Waals surface area contributed by atoms with Crippen LogP contribution in [0.25, 0.3) is 0 Å². The van der Waals surface area contributed by atoms with Crippen molar-refractivity contribution >= 4 is 29.1 Å². The first-order valence-corrected chi connectivity index (χ1v) is 7.52. The van der Waals surface area contributed by atoms with Crippen LogP contribution in [0.5, 0.6) is 0 Å². The summed E-state index contributed by atoms with van der Waals surface area (Å²) in [5.41, 5.74) is 6.57. The van der Waals surface area contributed by atoms with E-state index in [4.69, 9.17) is 28.9 Å². The monoisotopic (exact) mass is 316 g/mol. The van der Waals surface area contributed by atoms with Crippen LogP contribution >= 0.6 is 23.2 Å². The molecule has 20 heavy (non-hydrogen) atoms. The molecule has 3 N–H and O–H groups in total. The first-order chi connectivity index (χ1) is 9.27. The number of benzene rings is 1. The summed E-state index contributed by atoms with van der Waals surface area (Å²) in [6.45, 7) is 6.59. The molecule has 1 unspecified atom stereocenters. The van der Waals surface area contributed by atoms with Gasteiger partial charge in [-0.15, -0.1) is 0 Å². The molecule has 0 radical (unpaired) electrons. The van der Waals surface area contributed by atoms with Crippen molar-refractivity contribution in [3.05, 3.63) is 33.8 Å². The fourth-order valence-electron chi connectivity index (χ4n) is 1.90. The van der Waals surface area contributed by atoms with Gasteiger partial charge in [-0.1, -0.05) is 56.5 Å². The Hall–Kier alpha value is -0.770. The van der Waals surface area contributed by atoms with Crippen LogP contribution in [0.2, 0.25) is 10.0 Å². The molecule has 0 aromatic heterocycles. The molecule has 0 heterocycles. The smallest absolute Gasteiger partial charge is 0.236 e. The van der Waals surface area contributed by atoms with E-state index in [-0.39, 0.29) is 11.3 Å². The molecule has 1 aromatic carbocycles. The highest BCUT2D eigenvalue weighted by molar-refractivity contribution is 6.42. The van der Waals surface area contributed by atoms with Crippen LogP contribution in [-0.2, 0) is 10.2 Å². The van der Waals surface area contributed by atoms with E-state index in [9.17, 15) is 4.79 Å². The molecule has 0 aliphatic carbocycles. The Kier molecular flexibility index (Phi) is 6.31. The summed E-state index contributed by atoms with van der Waals surface area (Å²) in [5, 5.41) is 3.95. The average molecular weight is 317 g/mol. The summed E-state index contributed by atoms with van der Waals surface area (Å²) in [6, 6.07) is 5.09. The van der Waals surface area contributed by atoms with E-state index < -0.39 is 6.04 Å². The highest BCUT2D eigenvalue weighted by atomic mass is 35.5. The van der Waals surface area contributed by atoms with Crippen LogP contribution in [0.4, 0.5) is 0 Å². The van der Waals surface area contributed by atoms with Crippen LogP contribution < -0.4 is 11.1 Å². The van der Waals surface area contributed by atoms with Gasteiger partial charge in [-0.2, -0.15) is 0 Å². The molecule has 0 aliphatic heterocycles. The second-order valence-corrected chi connectivity index (χ2v) is 6.44. The predicted molar refractivity (Wildman–Crippen MR) is 85.4 cm³/mol. The van der Waals surface area contributed by atoms with Gasteiger partial charge in [0, 0.05) is 12.0 Å². The van der Waals surface area contributed by atoms with E-state index in [1.54, 1.807) is 6.07 Å². The van der Waals surface area contributed by atoms with E-state index in [1.165, 1.54) is 0 Å². The minimum absolute atomic E-state index is 0.111. The largest absolute Gasteiger partial charge is 0.354 e. The summed E-state index contributed by atoms with van der Waals surface area (Å²) in [6.07, 6.45) is 1.59. The van der Waals surface area contributed by atoms with Crippen LogP contribution in [0.15, 0.2) is 18.2 Å². The molecule has 0 saturated heterocycles. The average Bonchev–Trinajstić information content (AvgIpc) is 2.39. The standard InChI is InChI=1S/C15H22Cl2N2O/c1-4-5-13(18)14(20)19-9-15(2,3)10-6-7-11(16)12(17)8-10/h6-8,13H,4-5,9,18H2,1-3H3,(H,19,20). The Balaban J connectivity index is 2.69. The number of hydrogen-bond donors (Lipinski definition) is 2. The lowest BCUT2D eigenvalue weighted by Crippen LogP contribution is -2.45. The lowest BCUT2D eigenvalue weighted by atomic mass is 9.84. The highest BCUT2D eigenvalue weighted by Crippen LogP contribution is 2.29. The van der Waals surface area contributed by atoms with Gasteiger partial charge in [-0.05, 0) is 24.1 Å². The molecule has 0 bridgehead atoms. The van der Waals surface area contributed by atoms with Crippen molar-refractivity contribution in [2.24, 2.45) is 5.73 Å². The summed E-state index contributed by atoms with van der Waals surface area (Å²) < 4.78 is 0. The van der Waals surface area contributed by atoms with Crippen LogP contribution in [-0.4, -0.2) is 18.5 Å². The number of carbonyl (C=O) groups is 1. The van der Waals surface area contributed by atoms with Gasteiger partial charge >= 0.3 is 0 Å². The van der Waals surface area contributed by atoms with Gasteiger partial charge in [-0.25, -0.2) is 0 Å². The van der Waals surface area contributed by atoms with Gasteiger partial charge in [0.15, 0.2) is 0 Å². The lowest BCUT2D eigenvalue weighted by molar-refractivity contribution is -0.122. The Labute approximate surface area is 130 Å². The fourth-order valence-corrected chi connectivity index (χ4v) is 2.20. The summed E-state index contributed by atoms with van der Waals surface area (Å²) in [4.78, 5) is 11.8. The van der Waals surface area contributed by atoms with Crippen LogP contribution in [0.1, 0.15) is 39.2 Å². The van der Waals surface area contributed by atoms with Crippen LogP contribution in [0.3, 0.4) is 0 Å². The molecule has 3 nitrogen and oxygen atoms in total. The Bertz CT molecular complexity index is 475. The maximum Gasteiger partial charge on any atom is 0.236 e. The van der Waals surface area contributed by atoms with E-state index in [1.807, 2.05) is 32.9 Å². The van der Waals surface area contributed by atoms with Crippen molar-refractivity contribution in [2.45, 2.75) is 45.1 Å². The van der Waals surface area contributed by atoms with Crippen molar-refractivity contribution in [2.75, 3.05) is 6.54 Å². The SMILES string of the molecule is CCCC(N)C(=O)NCC(C)(C)c1ccc(Cl)c(Cl)c1. The molecule has 0 spiro atoms. The van der Waals surface area contributed by atoms with Gasteiger partial charge in [0.25, 0.3) is 0 Å². The number of halogens is 2. The summed E-state index contributed by atoms with van der Waals surface area (Å²) in [7, 11) is 0. The Morgan fingerprint density at radius 3 is 2.55 bits per heavy atom. The lowest BCUT2D eigenvalue weighted by Gasteiger charge is -2.26. The zero-order chi connectivity index (χ0) is 15.3. The number of nitrogens with one attached hydrogen (secondary N) is 1. The summed E-state index contributed by atoms with van der Waals surface area (Å²) in [5.74, 6) is -0.111. The van der Waals surface area contributed by atoms with Gasteiger partial charge in [0.1, 0.15) is 0 Å². The highest BCUT2D eigenvalue weighted by Gasteiger charge is 2.23. The second-order valence-electron chi connectivity index (χ2n) is 5.63. The minimum atomic E-state index is -0.440. The Morgan fingerprint density at radius 1 is 1.35 bits per heavy atom. The molecule has 1 aromatic rings. The Morgan fingerprint density at radius 2 is 2.00 bits per heavy atom. The van der Waals surface area contributed by atoms with Crippen molar-refractivity contribution in [1.29, 1.82) is 0 Å². The molecule has 0 saturated carbocycles. The third kappa shape index (κ3) is 4.65. The quantitative estimate of drug-likeness (QED) is 0.843. The van der Waals surface area contributed by atoms with Crippen LogP contribution in [0, 0.1) is 0 Å². The third-order valence-electron chi connectivity index (χ3n) is 3.34. The number of amides is 1. The normalized spacial score (nSPS) is 13.1. The topological polar surface area (TPSA) is 55.1 Å². The molecule has 1 atom stereocenters. The van der Waals surface area contributed by atoms with Crippen molar-refractivity contribution in [1.82, 2.24) is 5.32 Å². The van der Waals surface area contributed by atoms with Crippen molar-refractivity contribution in [3.8, 4) is 0 Å². The zero-order valence-corrected chi connectivity index (χ0v) is 13.7. The van der Waals surface area contributed by atoms with E-state index in [0.717, 1.165) is 12.0 Å². The predicted octanol–water partition coefficient (Wildman–Crippen LogP) is 3.51. The summed E-state index contributed by atoms with van der Waals surface area (Å²) >= 11 is 12.0. The fraction of sp³-hybridized carbons (Fsp3) is 0.533. The first-order valence-electron chi connectivity index (χ1n) is 6.76. The van der Waals surface area contributed by atoms with Crippen molar-refractivity contribution in [3.63, 3.8) is 0 Å². The van der Waals surface area contributed by atoms with Gasteiger partial charge in [0.2, 0.25) is 5.91 Å². The molecule has 0 fully saturated rings. The van der Waals surface area contributed by atoms with Gasteiger partial charge in [0.05, 0.1) is 16.1 Å². The first kappa shape index (κ1) is 17.3. The van der Waals surface area contributed by atoms with Gasteiger partial charge < -0.3 is 11.1 Å². The molecule has 1 rings (SSSR count). The van der Waals surface area contributed by atoms with Crippen molar-refractivity contribution < 1.29 is 4.79 Å². The van der Waals surface area contributed by atoms with E-state index >= 15 is 0 Å². The van der Waals surface area contributed by atoms with E-state index in [0.29, 0.717) is 23.0 Å². The maximum atomic E-state index is 11.8. The third-order valence-corrected chi connectivity index (χ3v) is 4.08. The number of carbonyl (C=O) groups excluding carboxylic acids is 1. The number of rotatable bonds is 6. The molecule has 1 amide bonds. The number of hydrogen-bond acceptors (Lipinski definition) is 2. The molecular weight excluding hydrogens is 295 g/mol. The zero-order valence-electron chi connectivity index (χ0n) is 12.2. The van der Waals surface area contributed by atoms with E-state index in [2.05, 4.69) is 5.32 Å². The molecule has 112 valence electrons. The second kappa shape index (κ2) is 7.30. The molecular formula is C15H22Cl2N2O. The minimum Gasteiger partial charge on any atom is -0.354 e. The van der Waals surface area contributed by atoms with Gasteiger partial charge in [-0.3, -0.25) is 4.79 Å². The maximum absolute atomic E-state index is 11.8.